The number of unbranched alkanes of at least 4 members (excludes halogenated alkanes) is 1. The largest absolute Gasteiger partial charge is 0.444 e. The topological polar surface area (TPSA) is 105 Å². The molecule has 0 aliphatic rings. The summed E-state index contributed by atoms with van der Waals surface area (Å²) < 4.78 is 31.2. The number of nitrogens with zero attached hydrogens (tertiary/aromatic N) is 1. The molecule has 0 atom stereocenters. The van der Waals surface area contributed by atoms with Crippen LogP contribution in [0.4, 0.5) is 10.5 Å². The van der Waals surface area contributed by atoms with Crippen molar-refractivity contribution in [1.29, 1.82) is 0 Å². The van der Waals surface area contributed by atoms with Gasteiger partial charge in [-0.05, 0) is 69.5 Å². The number of carbonyl (C=O) groups excluding carboxylic acids is 2. The van der Waals surface area contributed by atoms with Crippen molar-refractivity contribution < 1.29 is 22.7 Å². The van der Waals surface area contributed by atoms with Gasteiger partial charge in [0.25, 0.3) is 5.91 Å². The van der Waals surface area contributed by atoms with Gasteiger partial charge in [0, 0.05) is 18.7 Å². The minimum Gasteiger partial charge on any atom is -0.444 e. The molecule has 0 saturated heterocycles. The first-order chi connectivity index (χ1) is 16.3. The summed E-state index contributed by atoms with van der Waals surface area (Å²) in [5.74, 6) is -0.277. The van der Waals surface area contributed by atoms with Gasteiger partial charge in [-0.1, -0.05) is 35.3 Å². The minimum absolute atomic E-state index is 0.00109. The highest BCUT2D eigenvalue weighted by Crippen LogP contribution is 2.29. The number of rotatable bonds is 10. The molecule has 35 heavy (non-hydrogen) atoms. The van der Waals surface area contributed by atoms with Gasteiger partial charge in [0.1, 0.15) is 5.60 Å². The summed E-state index contributed by atoms with van der Waals surface area (Å²) >= 11 is 12.3. The van der Waals surface area contributed by atoms with E-state index in [4.69, 9.17) is 27.9 Å². The number of halogens is 2. The number of sulfonamides is 1. The SMILES string of the molecule is CC(C)(C)OC(=O)NCCCCNC(=O)c1ccc(N(Cc2cccc(Cl)c2Cl)S(C)(=O)=O)cc1. The first-order valence-corrected chi connectivity index (χ1v) is 13.6. The number of alkyl carbamates (subject to hydrolysis) is 1. The van der Waals surface area contributed by atoms with E-state index in [9.17, 15) is 18.0 Å². The molecule has 2 rings (SSSR count). The summed E-state index contributed by atoms with van der Waals surface area (Å²) in [6.07, 6.45) is 1.97. The third-order valence-electron chi connectivity index (χ3n) is 4.72. The third-order valence-corrected chi connectivity index (χ3v) is 6.72. The van der Waals surface area contributed by atoms with Gasteiger partial charge in [-0.3, -0.25) is 9.10 Å². The van der Waals surface area contributed by atoms with E-state index in [1.807, 2.05) is 0 Å². The van der Waals surface area contributed by atoms with E-state index in [1.54, 1.807) is 63.2 Å². The standard InChI is InChI=1S/C24H31Cl2N3O5S/c1-24(2,3)34-23(31)28-15-6-5-14-27-22(30)17-10-12-19(13-11-17)29(35(4,32)33)16-18-8-7-9-20(25)21(18)26/h7-13H,5-6,14-16H2,1-4H3,(H,27,30)(H,28,31). The molecule has 11 heteroatoms. The van der Waals surface area contributed by atoms with Crippen molar-refractivity contribution in [3.05, 3.63) is 63.6 Å². The Morgan fingerprint density at radius 1 is 0.971 bits per heavy atom. The second-order valence-corrected chi connectivity index (χ2v) is 11.6. The lowest BCUT2D eigenvalue weighted by molar-refractivity contribution is 0.0526. The van der Waals surface area contributed by atoms with Crippen molar-refractivity contribution in [1.82, 2.24) is 10.6 Å². The molecule has 0 aliphatic carbocycles. The maximum absolute atomic E-state index is 12.4. The second-order valence-electron chi connectivity index (χ2n) is 8.92. The maximum atomic E-state index is 12.4. The summed E-state index contributed by atoms with van der Waals surface area (Å²) in [6, 6.07) is 11.3. The van der Waals surface area contributed by atoms with Crippen molar-refractivity contribution in [2.24, 2.45) is 0 Å². The average Bonchev–Trinajstić information content (AvgIpc) is 2.75. The number of benzene rings is 2. The molecule has 0 spiro atoms. The summed E-state index contributed by atoms with van der Waals surface area (Å²) in [6.45, 7) is 6.25. The van der Waals surface area contributed by atoms with Crippen molar-refractivity contribution >= 4 is 50.9 Å². The molecule has 2 amide bonds. The van der Waals surface area contributed by atoms with E-state index in [-0.39, 0.29) is 12.5 Å². The molecule has 0 aliphatic heterocycles. The molecule has 0 aromatic heterocycles. The van der Waals surface area contributed by atoms with Gasteiger partial charge in [-0.2, -0.15) is 0 Å². The first kappa shape index (κ1) is 28.7. The number of nitrogens with one attached hydrogen (secondary N) is 2. The van der Waals surface area contributed by atoms with Crippen LogP contribution in [0.2, 0.25) is 10.0 Å². The van der Waals surface area contributed by atoms with Crippen molar-refractivity contribution in [2.75, 3.05) is 23.7 Å². The fourth-order valence-electron chi connectivity index (χ4n) is 3.06. The van der Waals surface area contributed by atoms with Gasteiger partial charge in [-0.25, -0.2) is 13.2 Å². The van der Waals surface area contributed by atoms with Crippen LogP contribution in [-0.2, 0) is 21.3 Å². The number of hydrogen-bond acceptors (Lipinski definition) is 5. The van der Waals surface area contributed by atoms with Crippen molar-refractivity contribution in [2.45, 2.75) is 45.8 Å². The predicted octanol–water partition coefficient (Wildman–Crippen LogP) is 4.99. The van der Waals surface area contributed by atoms with Gasteiger partial charge in [0.15, 0.2) is 0 Å². The quantitative estimate of drug-likeness (QED) is 0.410. The monoisotopic (exact) mass is 543 g/mol. The summed E-state index contributed by atoms with van der Waals surface area (Å²) in [5.41, 5.74) is 0.810. The van der Waals surface area contributed by atoms with Gasteiger partial charge in [-0.15, -0.1) is 0 Å². The lowest BCUT2D eigenvalue weighted by atomic mass is 10.1. The number of hydrogen-bond donors (Lipinski definition) is 2. The van der Waals surface area contributed by atoms with Crippen LogP contribution < -0.4 is 14.9 Å². The minimum atomic E-state index is -3.63. The Labute approximate surface area is 217 Å². The lowest BCUT2D eigenvalue weighted by Crippen LogP contribution is -2.33. The summed E-state index contributed by atoms with van der Waals surface area (Å²) in [5, 5.41) is 6.11. The molecule has 0 fully saturated rings. The lowest BCUT2D eigenvalue weighted by Gasteiger charge is -2.23. The predicted molar refractivity (Wildman–Crippen MR) is 140 cm³/mol. The fourth-order valence-corrected chi connectivity index (χ4v) is 4.32. The van der Waals surface area contributed by atoms with E-state index in [2.05, 4.69) is 10.6 Å². The molecular weight excluding hydrogens is 513 g/mol. The Bertz CT molecular complexity index is 1130. The van der Waals surface area contributed by atoms with Crippen LogP contribution in [0.5, 0.6) is 0 Å². The van der Waals surface area contributed by atoms with E-state index in [0.717, 1.165) is 6.26 Å². The Hall–Kier alpha value is -2.49. The normalized spacial score (nSPS) is 11.6. The fraction of sp³-hybridized carbons (Fsp3) is 0.417. The van der Waals surface area contributed by atoms with Crippen LogP contribution in [-0.4, -0.2) is 45.4 Å². The number of amides is 2. The molecular formula is C24H31Cl2N3O5S. The Morgan fingerprint density at radius 2 is 1.57 bits per heavy atom. The molecule has 8 nitrogen and oxygen atoms in total. The van der Waals surface area contributed by atoms with Crippen LogP contribution in [0.3, 0.4) is 0 Å². The first-order valence-electron chi connectivity index (χ1n) is 11.0. The zero-order chi connectivity index (χ0) is 26.2. The van der Waals surface area contributed by atoms with E-state index in [1.165, 1.54) is 4.31 Å². The molecule has 0 radical (unpaired) electrons. The van der Waals surface area contributed by atoms with Crippen LogP contribution in [0.25, 0.3) is 0 Å². The zero-order valence-electron chi connectivity index (χ0n) is 20.2. The van der Waals surface area contributed by atoms with Gasteiger partial charge >= 0.3 is 6.09 Å². The van der Waals surface area contributed by atoms with E-state index < -0.39 is 21.7 Å². The highest BCUT2D eigenvalue weighted by molar-refractivity contribution is 7.92. The maximum Gasteiger partial charge on any atom is 0.407 e. The van der Waals surface area contributed by atoms with Crippen LogP contribution in [0.15, 0.2) is 42.5 Å². The Balaban J connectivity index is 1.90. The molecule has 2 N–H and O–H groups in total. The molecule has 0 heterocycles. The number of ether oxygens (including phenoxy) is 1. The Morgan fingerprint density at radius 3 is 2.14 bits per heavy atom. The smallest absolute Gasteiger partial charge is 0.407 e. The van der Waals surface area contributed by atoms with Crippen LogP contribution in [0, 0.1) is 0 Å². The van der Waals surface area contributed by atoms with Gasteiger partial charge in [0.2, 0.25) is 10.0 Å². The van der Waals surface area contributed by atoms with E-state index >= 15 is 0 Å². The third kappa shape index (κ3) is 9.58. The van der Waals surface area contributed by atoms with Gasteiger partial charge < -0.3 is 15.4 Å². The summed E-state index contributed by atoms with van der Waals surface area (Å²) in [7, 11) is -3.63. The van der Waals surface area contributed by atoms with Crippen molar-refractivity contribution in [3.8, 4) is 0 Å². The zero-order valence-corrected chi connectivity index (χ0v) is 22.6. The van der Waals surface area contributed by atoms with Crippen molar-refractivity contribution in [3.63, 3.8) is 0 Å². The van der Waals surface area contributed by atoms with Gasteiger partial charge in [0.05, 0.1) is 28.5 Å². The molecule has 0 unspecified atom stereocenters. The number of anilines is 1. The van der Waals surface area contributed by atoms with Crippen LogP contribution in [0.1, 0.15) is 49.5 Å². The Kier molecular flexibility index (Phi) is 10.2. The molecule has 2 aromatic carbocycles. The second kappa shape index (κ2) is 12.5. The summed E-state index contributed by atoms with van der Waals surface area (Å²) in [4.78, 5) is 24.0. The highest BCUT2D eigenvalue weighted by Gasteiger charge is 2.20. The number of carbonyl (C=O) groups is 2. The van der Waals surface area contributed by atoms with E-state index in [0.29, 0.717) is 52.8 Å². The molecule has 2 aromatic rings. The average molecular weight is 545 g/mol. The highest BCUT2D eigenvalue weighted by atomic mass is 35.5. The van der Waals surface area contributed by atoms with Crippen LogP contribution >= 0.6 is 23.2 Å². The molecule has 192 valence electrons. The molecule has 0 bridgehead atoms. The molecule has 0 saturated carbocycles.